The first-order valence-electron chi connectivity index (χ1n) is 4.09. The van der Waals surface area contributed by atoms with Gasteiger partial charge in [-0.2, -0.15) is 0 Å². The first kappa shape index (κ1) is 11.0. The van der Waals surface area contributed by atoms with Gasteiger partial charge in [0.2, 0.25) is 0 Å². The van der Waals surface area contributed by atoms with Crippen molar-refractivity contribution in [3.63, 3.8) is 0 Å². The van der Waals surface area contributed by atoms with E-state index in [0.29, 0.717) is 0 Å². The molecule has 1 rings (SSSR count). The number of aromatic hydroxyl groups is 2. The average molecular weight is 215 g/mol. The van der Waals surface area contributed by atoms with Crippen molar-refractivity contribution in [3.05, 3.63) is 33.6 Å². The zero-order chi connectivity index (χ0) is 11.4. The van der Waals surface area contributed by atoms with E-state index in [0.717, 1.165) is 12.1 Å². The lowest BCUT2D eigenvalue weighted by Gasteiger charge is -2.04. The Morgan fingerprint density at radius 3 is 2.60 bits per heavy atom. The summed E-state index contributed by atoms with van der Waals surface area (Å²) in [5, 5.41) is 27.2. The summed E-state index contributed by atoms with van der Waals surface area (Å²) in [6, 6.07) is 1.79. The molecule has 0 aliphatic carbocycles. The number of phenols is 2. The Balaban J connectivity index is 2.69. The van der Waals surface area contributed by atoms with E-state index in [-0.39, 0.29) is 18.5 Å². The fraction of sp³-hybridized carbons (Fsp3) is 0.250. The van der Waals surface area contributed by atoms with Gasteiger partial charge in [0.05, 0.1) is 6.54 Å². The van der Waals surface area contributed by atoms with E-state index in [4.69, 9.17) is 10.2 Å². The van der Waals surface area contributed by atoms with Gasteiger partial charge in [-0.05, 0) is 18.1 Å². The van der Waals surface area contributed by atoms with Gasteiger partial charge in [-0.25, -0.2) is 14.5 Å². The maximum atomic E-state index is 13.1. The van der Waals surface area contributed by atoms with Crippen molar-refractivity contribution < 1.29 is 19.6 Å². The monoisotopic (exact) mass is 215 g/mol. The Bertz CT molecular complexity index is 383. The van der Waals surface area contributed by atoms with Crippen molar-refractivity contribution in [3.8, 4) is 11.5 Å². The molecule has 0 heterocycles. The molecule has 1 aromatic carbocycles. The first-order chi connectivity index (χ1) is 7.00. The molecule has 3 N–H and O–H groups in total. The van der Waals surface area contributed by atoms with Gasteiger partial charge in [0, 0.05) is 6.07 Å². The van der Waals surface area contributed by atoms with Gasteiger partial charge < -0.3 is 10.2 Å². The summed E-state index contributed by atoms with van der Waals surface area (Å²) in [5.74, 6) is -1.72. The lowest BCUT2D eigenvalue weighted by atomic mass is 10.1. The molecule has 1 aromatic rings. The first-order valence-corrected chi connectivity index (χ1v) is 4.09. The lowest BCUT2D eigenvalue weighted by molar-refractivity contribution is -0.544. The minimum Gasteiger partial charge on any atom is -0.504 e. The summed E-state index contributed by atoms with van der Waals surface area (Å²) in [5.41, 5.74) is 1.96. The highest BCUT2D eigenvalue weighted by Crippen LogP contribution is 2.27. The second-order valence-electron chi connectivity index (χ2n) is 2.85. The van der Waals surface area contributed by atoms with E-state index < -0.39 is 22.3 Å². The van der Waals surface area contributed by atoms with Gasteiger partial charge in [0.15, 0.2) is 16.5 Å². The van der Waals surface area contributed by atoms with Crippen LogP contribution < -0.4 is 5.43 Å². The topological polar surface area (TPSA) is 95.6 Å². The molecule has 0 bridgehead atoms. The van der Waals surface area contributed by atoms with E-state index in [9.17, 15) is 14.5 Å². The van der Waals surface area contributed by atoms with Crippen molar-refractivity contribution in [2.75, 3.05) is 6.54 Å². The number of halogens is 1. The van der Waals surface area contributed by atoms with Crippen molar-refractivity contribution in [1.29, 1.82) is 0 Å². The summed E-state index contributed by atoms with van der Waals surface area (Å²) in [6.07, 6.45) is 0.0423. The van der Waals surface area contributed by atoms with E-state index in [1.54, 1.807) is 0 Å². The molecule has 0 saturated heterocycles. The normalized spacial score (nSPS) is 9.93. The highest BCUT2D eigenvalue weighted by Gasteiger charge is 2.08. The third-order valence-electron chi connectivity index (χ3n) is 1.78. The minimum atomic E-state index is -0.738. The number of nitrogens with one attached hydrogen (secondary N) is 1. The molecule has 0 aliphatic rings. The van der Waals surface area contributed by atoms with Crippen molar-refractivity contribution in [2.45, 2.75) is 6.42 Å². The molecule has 0 saturated carbocycles. The standard InChI is InChI=1S/C8H9FN2O4/c9-6-4-8(13)7(12)3-5(6)1-2-10-11(14)15/h3-4,10,12-13H,1-2H2/i9-1. The predicted molar refractivity (Wildman–Crippen MR) is 48.4 cm³/mol. The Morgan fingerprint density at radius 1 is 1.40 bits per heavy atom. The SMILES string of the molecule is O=[N+]([O-])NCCc1cc(O)c(O)cc1[18F]. The largest absolute Gasteiger partial charge is 0.504 e. The van der Waals surface area contributed by atoms with Crippen LogP contribution in [-0.2, 0) is 6.42 Å². The summed E-state index contributed by atoms with van der Waals surface area (Å²) in [4.78, 5) is 9.91. The van der Waals surface area contributed by atoms with Crippen LogP contribution in [0.15, 0.2) is 12.1 Å². The van der Waals surface area contributed by atoms with Crippen LogP contribution in [-0.4, -0.2) is 21.8 Å². The van der Waals surface area contributed by atoms with Crippen molar-refractivity contribution >= 4 is 0 Å². The maximum absolute atomic E-state index is 13.1. The Hall–Kier alpha value is -2.05. The number of rotatable bonds is 4. The minimum absolute atomic E-state index is 0.0423. The molecule has 0 unspecified atom stereocenters. The molecule has 0 fully saturated rings. The third-order valence-corrected chi connectivity index (χ3v) is 1.78. The number of nitro groups is 1. The van der Waals surface area contributed by atoms with Gasteiger partial charge in [0.1, 0.15) is 5.82 Å². The molecule has 15 heavy (non-hydrogen) atoms. The number of nitrogens with zero attached hydrogens (tertiary/aromatic N) is 1. The zero-order valence-electron chi connectivity index (χ0n) is 7.61. The molecule has 7 heteroatoms. The van der Waals surface area contributed by atoms with Crippen LogP contribution in [0.4, 0.5) is 4.39 Å². The second-order valence-corrected chi connectivity index (χ2v) is 2.85. The van der Waals surface area contributed by atoms with Gasteiger partial charge >= 0.3 is 0 Å². The van der Waals surface area contributed by atoms with Crippen LogP contribution in [0.25, 0.3) is 0 Å². The molecule has 0 spiro atoms. The Kier molecular flexibility index (Phi) is 3.27. The van der Waals surface area contributed by atoms with Crippen LogP contribution in [0.3, 0.4) is 0 Å². The van der Waals surface area contributed by atoms with Gasteiger partial charge in [-0.15, -0.1) is 5.43 Å². The number of phenolic OH excluding ortho intramolecular Hbond substituents is 2. The molecular weight excluding hydrogens is 206 g/mol. The maximum Gasteiger partial charge on any atom is 0.160 e. The molecule has 0 atom stereocenters. The van der Waals surface area contributed by atoms with E-state index in [1.807, 2.05) is 5.43 Å². The Morgan fingerprint density at radius 2 is 2.00 bits per heavy atom. The highest BCUT2D eigenvalue weighted by atomic mass is 18.2. The lowest BCUT2D eigenvalue weighted by Crippen LogP contribution is -2.24. The molecule has 0 aliphatic heterocycles. The van der Waals surface area contributed by atoms with E-state index in [1.165, 1.54) is 0 Å². The number of benzene rings is 1. The van der Waals surface area contributed by atoms with Crippen molar-refractivity contribution in [1.82, 2.24) is 5.43 Å². The third kappa shape index (κ3) is 2.97. The smallest absolute Gasteiger partial charge is 0.160 e. The van der Waals surface area contributed by atoms with Crippen LogP contribution >= 0.6 is 0 Å². The van der Waals surface area contributed by atoms with Gasteiger partial charge in [-0.1, -0.05) is 0 Å². The molecule has 82 valence electrons. The van der Waals surface area contributed by atoms with E-state index in [2.05, 4.69) is 0 Å². The van der Waals surface area contributed by atoms with Crippen LogP contribution in [0.2, 0.25) is 0 Å². The van der Waals surface area contributed by atoms with Crippen molar-refractivity contribution in [2.24, 2.45) is 0 Å². The molecular formula is C8H9FN2O4. The van der Waals surface area contributed by atoms with Gasteiger partial charge in [-0.3, -0.25) is 0 Å². The highest BCUT2D eigenvalue weighted by molar-refractivity contribution is 5.41. The predicted octanol–water partition coefficient (Wildman–Crippen LogP) is 0.561. The zero-order valence-corrected chi connectivity index (χ0v) is 7.61. The summed E-state index contributed by atoms with van der Waals surface area (Å²) in [7, 11) is 0. The fourth-order valence-corrected chi connectivity index (χ4v) is 1.07. The number of hydrogen-bond donors (Lipinski definition) is 3. The average Bonchev–Trinajstić information content (AvgIpc) is 2.13. The summed E-state index contributed by atoms with van der Waals surface area (Å²) < 4.78 is 13.1. The van der Waals surface area contributed by atoms with Crippen LogP contribution in [0, 0.1) is 15.9 Å². The molecule has 6 nitrogen and oxygen atoms in total. The van der Waals surface area contributed by atoms with E-state index >= 15 is 0 Å². The van der Waals surface area contributed by atoms with Crippen LogP contribution in [0.5, 0.6) is 11.5 Å². The molecule has 0 aromatic heterocycles. The van der Waals surface area contributed by atoms with Crippen LogP contribution in [0.1, 0.15) is 5.56 Å². The number of hydrazine groups is 1. The molecule has 0 radical (unpaired) electrons. The fourth-order valence-electron chi connectivity index (χ4n) is 1.07. The molecule has 0 amide bonds. The quantitative estimate of drug-likeness (QED) is 0.387. The second kappa shape index (κ2) is 4.45. The Labute approximate surface area is 84.1 Å². The summed E-state index contributed by atoms with van der Waals surface area (Å²) >= 11 is 0. The van der Waals surface area contributed by atoms with Gasteiger partial charge in [0.25, 0.3) is 0 Å². The summed E-state index contributed by atoms with van der Waals surface area (Å²) in [6.45, 7) is -0.0614. The number of hydrogen-bond acceptors (Lipinski definition) is 4.